The van der Waals surface area contributed by atoms with E-state index in [1.165, 1.54) is 29.3 Å². The van der Waals surface area contributed by atoms with E-state index in [2.05, 4.69) is 28.4 Å². The van der Waals surface area contributed by atoms with Crippen LogP contribution in [0.2, 0.25) is 0 Å². The molecule has 2 aromatic carbocycles. The van der Waals surface area contributed by atoms with E-state index in [1.54, 1.807) is 36.2 Å². The Hall–Kier alpha value is -2.58. The average molecular weight is 473 g/mol. The van der Waals surface area contributed by atoms with Crippen molar-refractivity contribution in [2.75, 3.05) is 38.1 Å². The number of nitrogens with zero attached hydrogens (tertiary/aromatic N) is 3. The molecule has 0 unspecified atom stereocenters. The van der Waals surface area contributed by atoms with Gasteiger partial charge in [-0.25, -0.2) is 13.2 Å². The third-order valence-corrected chi connectivity index (χ3v) is 8.22. The van der Waals surface area contributed by atoms with Gasteiger partial charge in [0.05, 0.1) is 4.90 Å². The Morgan fingerprint density at radius 2 is 1.61 bits per heavy atom. The summed E-state index contributed by atoms with van der Waals surface area (Å²) in [4.78, 5) is 17.1. The summed E-state index contributed by atoms with van der Waals surface area (Å²) in [5.41, 5.74) is 3.20. The molecule has 8 heteroatoms. The smallest absolute Gasteiger partial charge is 0.317 e. The number of urea groups is 1. The highest BCUT2D eigenvalue weighted by molar-refractivity contribution is 7.89. The van der Waals surface area contributed by atoms with Crippen molar-refractivity contribution in [3.8, 4) is 0 Å². The first-order valence-corrected chi connectivity index (χ1v) is 13.2. The first-order chi connectivity index (χ1) is 15.9. The lowest BCUT2D eigenvalue weighted by Gasteiger charge is -2.31. The van der Waals surface area contributed by atoms with Gasteiger partial charge in [0.1, 0.15) is 0 Å². The Bertz CT molecular complexity index is 1010. The first kappa shape index (κ1) is 25.1. The summed E-state index contributed by atoms with van der Waals surface area (Å²) in [5.74, 6) is 0. The number of carbonyl (C=O) groups excluding carboxylic acids is 1. The SMILES string of the molecule is CCN(CC)S(=O)(=O)c1ccc(CNC(=O)N(C)Cc2ccccc2N2CCCCC2)cc1. The molecule has 0 atom stereocenters. The minimum Gasteiger partial charge on any atom is -0.371 e. The summed E-state index contributed by atoms with van der Waals surface area (Å²) < 4.78 is 26.7. The van der Waals surface area contributed by atoms with Crippen molar-refractivity contribution in [1.29, 1.82) is 0 Å². The van der Waals surface area contributed by atoms with Crippen LogP contribution in [0.1, 0.15) is 44.2 Å². The van der Waals surface area contributed by atoms with Crippen LogP contribution in [0.25, 0.3) is 0 Å². The molecule has 1 fully saturated rings. The molecule has 33 heavy (non-hydrogen) atoms. The first-order valence-electron chi connectivity index (χ1n) is 11.8. The standard InChI is InChI=1S/C25H36N4O3S/c1-4-29(5-2)33(31,32)23-15-13-21(14-16-23)19-26-25(30)27(3)20-22-11-7-8-12-24(22)28-17-9-6-10-18-28/h7-8,11-16H,4-6,9-10,17-20H2,1-3H3,(H,26,30). The van der Waals surface area contributed by atoms with Gasteiger partial charge in [0.2, 0.25) is 10.0 Å². The third kappa shape index (κ3) is 6.26. The topological polar surface area (TPSA) is 73.0 Å². The minimum atomic E-state index is -3.48. The van der Waals surface area contributed by atoms with Crippen molar-refractivity contribution < 1.29 is 13.2 Å². The molecule has 0 aliphatic carbocycles. The minimum absolute atomic E-state index is 0.164. The molecule has 7 nitrogen and oxygen atoms in total. The second-order valence-electron chi connectivity index (χ2n) is 8.42. The number of amides is 2. The number of rotatable bonds is 9. The molecule has 0 aromatic heterocycles. The Balaban J connectivity index is 1.58. The van der Waals surface area contributed by atoms with Gasteiger partial charge in [0, 0.05) is 52.0 Å². The second kappa shape index (κ2) is 11.5. The van der Waals surface area contributed by atoms with E-state index in [9.17, 15) is 13.2 Å². The molecule has 1 heterocycles. The molecule has 0 saturated carbocycles. The highest BCUT2D eigenvalue weighted by atomic mass is 32.2. The van der Waals surface area contributed by atoms with Gasteiger partial charge in [-0.15, -0.1) is 0 Å². The van der Waals surface area contributed by atoms with Crippen LogP contribution >= 0.6 is 0 Å². The van der Waals surface area contributed by atoms with E-state index < -0.39 is 10.0 Å². The number of hydrogen-bond donors (Lipinski definition) is 1. The maximum absolute atomic E-state index is 12.7. The van der Waals surface area contributed by atoms with Crippen molar-refractivity contribution in [2.45, 2.75) is 51.1 Å². The molecule has 1 aliphatic rings. The van der Waals surface area contributed by atoms with Crippen LogP contribution < -0.4 is 10.2 Å². The molecule has 0 bridgehead atoms. The molecule has 1 aliphatic heterocycles. The number of nitrogens with one attached hydrogen (secondary N) is 1. The van der Waals surface area contributed by atoms with E-state index in [-0.39, 0.29) is 10.9 Å². The summed E-state index contributed by atoms with van der Waals surface area (Å²) in [7, 11) is -1.68. The summed E-state index contributed by atoms with van der Waals surface area (Å²) in [6, 6.07) is 14.8. The van der Waals surface area contributed by atoms with Crippen LogP contribution in [0.5, 0.6) is 0 Å². The van der Waals surface area contributed by atoms with Crippen molar-refractivity contribution in [3.05, 3.63) is 59.7 Å². The predicted octanol–water partition coefficient (Wildman–Crippen LogP) is 4.05. The molecule has 2 amide bonds. The predicted molar refractivity (Wildman–Crippen MR) is 133 cm³/mol. The number of hydrogen-bond acceptors (Lipinski definition) is 4. The summed E-state index contributed by atoms with van der Waals surface area (Å²) >= 11 is 0. The monoisotopic (exact) mass is 472 g/mol. The summed E-state index contributed by atoms with van der Waals surface area (Å²) in [6.45, 7) is 7.51. The number of sulfonamides is 1. The third-order valence-electron chi connectivity index (χ3n) is 6.15. The maximum Gasteiger partial charge on any atom is 0.317 e. The van der Waals surface area contributed by atoms with E-state index in [1.807, 2.05) is 19.9 Å². The van der Waals surface area contributed by atoms with Crippen LogP contribution in [0, 0.1) is 0 Å². The van der Waals surface area contributed by atoms with Crippen LogP contribution in [-0.4, -0.2) is 56.9 Å². The zero-order chi connectivity index (χ0) is 23.8. The average Bonchev–Trinajstić information content (AvgIpc) is 2.84. The molecule has 2 aromatic rings. The van der Waals surface area contributed by atoms with Crippen LogP contribution in [0.3, 0.4) is 0 Å². The van der Waals surface area contributed by atoms with Crippen molar-refractivity contribution in [3.63, 3.8) is 0 Å². The zero-order valence-electron chi connectivity index (χ0n) is 20.0. The van der Waals surface area contributed by atoms with Gasteiger partial charge in [0.25, 0.3) is 0 Å². The Morgan fingerprint density at radius 1 is 0.970 bits per heavy atom. The number of benzene rings is 2. The number of carbonyl (C=O) groups is 1. The van der Waals surface area contributed by atoms with Crippen LogP contribution in [0.15, 0.2) is 53.4 Å². The van der Waals surface area contributed by atoms with Crippen molar-refractivity contribution in [1.82, 2.24) is 14.5 Å². The lowest BCUT2D eigenvalue weighted by molar-refractivity contribution is 0.206. The van der Waals surface area contributed by atoms with Crippen LogP contribution in [-0.2, 0) is 23.1 Å². The van der Waals surface area contributed by atoms with Gasteiger partial charge in [0.15, 0.2) is 0 Å². The summed E-state index contributed by atoms with van der Waals surface area (Å²) in [5, 5.41) is 2.93. The van der Waals surface area contributed by atoms with E-state index in [0.717, 1.165) is 24.2 Å². The fourth-order valence-electron chi connectivity index (χ4n) is 4.22. The van der Waals surface area contributed by atoms with Gasteiger partial charge in [-0.05, 0) is 48.6 Å². The largest absolute Gasteiger partial charge is 0.371 e. The fourth-order valence-corrected chi connectivity index (χ4v) is 5.68. The molecule has 3 rings (SSSR count). The highest BCUT2D eigenvalue weighted by Gasteiger charge is 2.21. The lowest BCUT2D eigenvalue weighted by Crippen LogP contribution is -2.37. The van der Waals surface area contributed by atoms with Gasteiger partial charge in [-0.1, -0.05) is 44.2 Å². The highest BCUT2D eigenvalue weighted by Crippen LogP contribution is 2.25. The second-order valence-corrected chi connectivity index (χ2v) is 10.4. The number of para-hydroxylation sites is 1. The Morgan fingerprint density at radius 3 is 2.24 bits per heavy atom. The van der Waals surface area contributed by atoms with E-state index >= 15 is 0 Å². The molecule has 1 saturated heterocycles. The maximum atomic E-state index is 12.7. The van der Waals surface area contributed by atoms with E-state index in [0.29, 0.717) is 26.2 Å². The number of piperidine rings is 1. The normalized spacial score (nSPS) is 14.4. The molecule has 1 N–H and O–H groups in total. The van der Waals surface area contributed by atoms with E-state index in [4.69, 9.17) is 0 Å². The van der Waals surface area contributed by atoms with Gasteiger partial charge < -0.3 is 15.1 Å². The van der Waals surface area contributed by atoms with Crippen molar-refractivity contribution in [2.24, 2.45) is 0 Å². The van der Waals surface area contributed by atoms with Crippen molar-refractivity contribution >= 4 is 21.7 Å². The van der Waals surface area contributed by atoms with Gasteiger partial charge >= 0.3 is 6.03 Å². The van der Waals surface area contributed by atoms with Crippen LogP contribution in [0.4, 0.5) is 10.5 Å². The Labute approximate surface area is 198 Å². The molecule has 0 spiro atoms. The van der Waals surface area contributed by atoms with Gasteiger partial charge in [-0.3, -0.25) is 0 Å². The quantitative estimate of drug-likeness (QED) is 0.598. The molecular formula is C25H36N4O3S. The van der Waals surface area contributed by atoms with Gasteiger partial charge in [-0.2, -0.15) is 4.31 Å². The molecular weight excluding hydrogens is 436 g/mol. The lowest BCUT2D eigenvalue weighted by atomic mass is 10.1. The zero-order valence-corrected chi connectivity index (χ0v) is 20.8. The Kier molecular flexibility index (Phi) is 8.74. The molecule has 180 valence electrons. The summed E-state index contributed by atoms with van der Waals surface area (Å²) in [6.07, 6.45) is 3.70. The fraction of sp³-hybridized carbons (Fsp3) is 0.480. The number of anilines is 1. The molecule has 0 radical (unpaired) electrons.